The Morgan fingerprint density at radius 1 is 1.05 bits per heavy atom. The van der Waals surface area contributed by atoms with Crippen molar-refractivity contribution < 1.29 is 0 Å². The van der Waals surface area contributed by atoms with E-state index in [1.807, 2.05) is 19.3 Å². The molecule has 0 unspecified atom stereocenters. The largest absolute Gasteiger partial charge is 0.349 e. The number of hydrogen-bond donors (Lipinski definition) is 1. The zero-order chi connectivity index (χ0) is 14.4. The van der Waals surface area contributed by atoms with Crippen LogP contribution in [0.3, 0.4) is 0 Å². The average molecular weight is 291 g/mol. The van der Waals surface area contributed by atoms with E-state index in [0.29, 0.717) is 0 Å². The van der Waals surface area contributed by atoms with Crippen molar-refractivity contribution in [3.63, 3.8) is 0 Å². The number of hydrogen-bond acceptors (Lipinski definition) is 6. The minimum absolute atomic E-state index is 0.728. The minimum Gasteiger partial charge on any atom is -0.349 e. The van der Waals surface area contributed by atoms with Gasteiger partial charge in [-0.2, -0.15) is 0 Å². The molecule has 0 aromatic carbocycles. The molecule has 1 N–H and O–H groups in total. The molecule has 108 valence electrons. The molecule has 2 rings (SSSR count). The van der Waals surface area contributed by atoms with E-state index in [0.717, 1.165) is 42.7 Å². The molecule has 20 heavy (non-hydrogen) atoms. The molecule has 0 bridgehead atoms. The van der Waals surface area contributed by atoms with Gasteiger partial charge in [-0.1, -0.05) is 0 Å². The summed E-state index contributed by atoms with van der Waals surface area (Å²) in [6, 6.07) is 0. The van der Waals surface area contributed by atoms with Gasteiger partial charge in [0, 0.05) is 49.6 Å². The number of anilines is 1. The van der Waals surface area contributed by atoms with Gasteiger partial charge in [-0.15, -0.1) is 11.3 Å². The van der Waals surface area contributed by atoms with Crippen LogP contribution in [0.1, 0.15) is 30.1 Å². The van der Waals surface area contributed by atoms with Crippen molar-refractivity contribution in [2.45, 2.75) is 33.9 Å². The lowest BCUT2D eigenvalue weighted by Crippen LogP contribution is -2.21. The maximum Gasteiger partial charge on any atom is 0.185 e. The van der Waals surface area contributed by atoms with Crippen LogP contribution in [0.5, 0.6) is 0 Å². The van der Waals surface area contributed by atoms with Gasteiger partial charge in [0.2, 0.25) is 0 Å². The van der Waals surface area contributed by atoms with Crippen molar-refractivity contribution in [3.05, 3.63) is 34.9 Å². The van der Waals surface area contributed by atoms with E-state index >= 15 is 0 Å². The molecule has 0 saturated heterocycles. The lowest BCUT2D eigenvalue weighted by atomic mass is 10.4. The summed E-state index contributed by atoms with van der Waals surface area (Å²) in [5.41, 5.74) is 1.91. The first-order valence-corrected chi connectivity index (χ1v) is 7.72. The third-order valence-electron chi connectivity index (χ3n) is 3.02. The van der Waals surface area contributed by atoms with E-state index in [1.54, 1.807) is 17.5 Å². The highest BCUT2D eigenvalue weighted by molar-refractivity contribution is 7.15. The predicted octanol–water partition coefficient (Wildman–Crippen LogP) is 2.38. The molecule has 0 saturated carbocycles. The standard InChI is InChI=1S/C14H21N5S/c1-4-19(5-2)14-18-10-13(20-14)9-15-7-12-8-16-11(3)6-17-12/h6,8,10,15H,4-5,7,9H2,1-3H3. The van der Waals surface area contributed by atoms with Crippen molar-refractivity contribution in [2.24, 2.45) is 0 Å². The summed E-state index contributed by atoms with van der Waals surface area (Å²) < 4.78 is 0. The maximum atomic E-state index is 4.47. The highest BCUT2D eigenvalue weighted by atomic mass is 32.1. The molecule has 0 fully saturated rings. The summed E-state index contributed by atoms with van der Waals surface area (Å²) >= 11 is 1.74. The second-order valence-electron chi connectivity index (χ2n) is 4.53. The van der Waals surface area contributed by atoms with Gasteiger partial charge in [-0.3, -0.25) is 9.97 Å². The van der Waals surface area contributed by atoms with Crippen LogP contribution in [0.4, 0.5) is 5.13 Å². The average Bonchev–Trinajstić information content (AvgIpc) is 2.91. The molecule has 5 nitrogen and oxygen atoms in total. The van der Waals surface area contributed by atoms with E-state index in [-0.39, 0.29) is 0 Å². The van der Waals surface area contributed by atoms with Gasteiger partial charge in [-0.25, -0.2) is 4.98 Å². The molecular formula is C14H21N5S. The molecule has 2 aromatic heterocycles. The fourth-order valence-electron chi connectivity index (χ4n) is 1.84. The number of thiazole rings is 1. The molecule has 0 atom stereocenters. The van der Waals surface area contributed by atoms with E-state index in [2.05, 4.69) is 39.0 Å². The molecule has 2 heterocycles. The SMILES string of the molecule is CCN(CC)c1ncc(CNCc2cnc(C)cn2)s1. The monoisotopic (exact) mass is 291 g/mol. The fraction of sp³-hybridized carbons (Fsp3) is 0.500. The molecule has 0 aliphatic carbocycles. The van der Waals surface area contributed by atoms with Crippen LogP contribution >= 0.6 is 11.3 Å². The maximum absolute atomic E-state index is 4.47. The number of aryl methyl sites for hydroxylation is 1. The zero-order valence-electron chi connectivity index (χ0n) is 12.3. The molecule has 2 aromatic rings. The second kappa shape index (κ2) is 7.31. The summed E-state index contributed by atoms with van der Waals surface area (Å²) in [4.78, 5) is 16.5. The van der Waals surface area contributed by atoms with Crippen molar-refractivity contribution in [2.75, 3.05) is 18.0 Å². The fourth-order valence-corrected chi connectivity index (χ4v) is 2.85. The number of nitrogens with zero attached hydrogens (tertiary/aromatic N) is 4. The van der Waals surface area contributed by atoms with Gasteiger partial charge in [-0.05, 0) is 20.8 Å². The van der Waals surface area contributed by atoms with E-state index < -0.39 is 0 Å². The molecule has 0 aliphatic heterocycles. The summed E-state index contributed by atoms with van der Waals surface area (Å²) in [7, 11) is 0. The molecule has 0 radical (unpaired) electrons. The quantitative estimate of drug-likeness (QED) is 0.849. The van der Waals surface area contributed by atoms with Crippen LogP contribution in [0.15, 0.2) is 18.6 Å². The number of nitrogens with one attached hydrogen (secondary N) is 1. The third-order valence-corrected chi connectivity index (χ3v) is 4.07. The molecule has 0 spiro atoms. The minimum atomic E-state index is 0.728. The topological polar surface area (TPSA) is 53.9 Å². The Balaban J connectivity index is 1.84. The van der Waals surface area contributed by atoms with E-state index in [9.17, 15) is 0 Å². The molecule has 0 aliphatic rings. The van der Waals surface area contributed by atoms with Gasteiger partial charge in [0.1, 0.15) is 0 Å². The molecular weight excluding hydrogens is 270 g/mol. The second-order valence-corrected chi connectivity index (χ2v) is 5.63. The normalized spacial score (nSPS) is 10.8. The Labute approximate surface area is 124 Å². The highest BCUT2D eigenvalue weighted by Gasteiger charge is 2.07. The van der Waals surface area contributed by atoms with Crippen LogP contribution in [0, 0.1) is 6.92 Å². The van der Waals surface area contributed by atoms with Gasteiger partial charge >= 0.3 is 0 Å². The Morgan fingerprint density at radius 3 is 2.50 bits per heavy atom. The van der Waals surface area contributed by atoms with Crippen molar-refractivity contribution in [1.82, 2.24) is 20.3 Å². The van der Waals surface area contributed by atoms with Crippen LogP contribution in [0.2, 0.25) is 0 Å². The first-order chi connectivity index (χ1) is 9.72. The lowest BCUT2D eigenvalue weighted by molar-refractivity contribution is 0.681. The zero-order valence-corrected chi connectivity index (χ0v) is 13.1. The Kier molecular flexibility index (Phi) is 5.43. The molecule has 6 heteroatoms. The Morgan fingerprint density at radius 2 is 1.85 bits per heavy atom. The Bertz CT molecular complexity index is 519. The van der Waals surface area contributed by atoms with Crippen molar-refractivity contribution >= 4 is 16.5 Å². The summed E-state index contributed by atoms with van der Waals surface area (Å²) in [5.74, 6) is 0. The van der Waals surface area contributed by atoms with Gasteiger partial charge in [0.15, 0.2) is 5.13 Å². The van der Waals surface area contributed by atoms with E-state index in [1.165, 1.54) is 4.88 Å². The first kappa shape index (κ1) is 14.9. The highest BCUT2D eigenvalue weighted by Crippen LogP contribution is 2.21. The van der Waals surface area contributed by atoms with Gasteiger partial charge in [0.25, 0.3) is 0 Å². The first-order valence-electron chi connectivity index (χ1n) is 6.90. The van der Waals surface area contributed by atoms with Gasteiger partial charge in [0.05, 0.1) is 11.4 Å². The summed E-state index contributed by atoms with van der Waals surface area (Å²) in [5, 5.41) is 4.47. The van der Waals surface area contributed by atoms with Crippen LogP contribution < -0.4 is 10.2 Å². The van der Waals surface area contributed by atoms with E-state index in [4.69, 9.17) is 0 Å². The van der Waals surface area contributed by atoms with Crippen molar-refractivity contribution in [1.29, 1.82) is 0 Å². The smallest absolute Gasteiger partial charge is 0.185 e. The van der Waals surface area contributed by atoms with Gasteiger partial charge < -0.3 is 10.2 Å². The van der Waals surface area contributed by atoms with Crippen LogP contribution in [0.25, 0.3) is 0 Å². The summed E-state index contributed by atoms with van der Waals surface area (Å²) in [6.45, 7) is 9.78. The summed E-state index contributed by atoms with van der Waals surface area (Å²) in [6.07, 6.45) is 5.56. The predicted molar refractivity (Wildman–Crippen MR) is 83.0 cm³/mol. The van der Waals surface area contributed by atoms with Crippen molar-refractivity contribution in [3.8, 4) is 0 Å². The Hall–Kier alpha value is -1.53. The number of aromatic nitrogens is 3. The molecule has 0 amide bonds. The number of rotatable bonds is 7. The lowest BCUT2D eigenvalue weighted by Gasteiger charge is -2.16. The van der Waals surface area contributed by atoms with Crippen LogP contribution in [-0.2, 0) is 13.1 Å². The third kappa shape index (κ3) is 3.98. The van der Waals surface area contributed by atoms with Crippen LogP contribution in [-0.4, -0.2) is 28.0 Å².